The van der Waals surface area contributed by atoms with Gasteiger partial charge in [0.15, 0.2) is 5.78 Å². The highest BCUT2D eigenvalue weighted by Crippen LogP contribution is 2.39. The summed E-state index contributed by atoms with van der Waals surface area (Å²) < 4.78 is 6.76. The molecule has 1 aliphatic carbocycles. The van der Waals surface area contributed by atoms with E-state index in [9.17, 15) is 24.8 Å². The Labute approximate surface area is 206 Å². The summed E-state index contributed by atoms with van der Waals surface area (Å²) >= 11 is 0. The molecule has 1 saturated heterocycles. The van der Waals surface area contributed by atoms with Gasteiger partial charge in [-0.2, -0.15) is 0 Å². The van der Waals surface area contributed by atoms with Crippen molar-refractivity contribution < 1.29 is 19.6 Å². The van der Waals surface area contributed by atoms with Crippen LogP contribution in [0, 0.1) is 10.1 Å². The number of likely N-dealkylation sites (tertiary alicyclic amines) is 1. The molecule has 3 heterocycles. The Hall–Kier alpha value is -3.34. The molecule has 0 bridgehead atoms. The number of aliphatic hydroxyl groups is 1. The minimum atomic E-state index is -0.551. The average molecular weight is 501 g/mol. The predicted octanol–water partition coefficient (Wildman–Crippen LogP) is 2.79. The lowest BCUT2D eigenvalue weighted by Crippen LogP contribution is -2.37. The van der Waals surface area contributed by atoms with Crippen LogP contribution in [-0.4, -0.2) is 63.1 Å². The number of ether oxygens (including phenoxy) is 1. The molecular weight excluding hydrogens is 476 g/mol. The molecule has 1 fully saturated rings. The molecule has 3 aromatic rings. The van der Waals surface area contributed by atoms with Crippen LogP contribution in [0.25, 0.3) is 22.2 Å². The molecule has 10 nitrogen and oxygen atoms in total. The number of carbonyl (C=O) groups excluding carboxylic acids is 1. The maximum Gasteiger partial charge on any atom is 0.270 e. The Balaban J connectivity index is 0.00000289. The van der Waals surface area contributed by atoms with E-state index in [0.29, 0.717) is 46.6 Å². The smallest absolute Gasteiger partial charge is 0.270 e. The summed E-state index contributed by atoms with van der Waals surface area (Å²) in [4.78, 5) is 44.4. The van der Waals surface area contributed by atoms with Crippen LogP contribution in [0.3, 0.4) is 0 Å². The summed E-state index contributed by atoms with van der Waals surface area (Å²) in [7, 11) is 1.49. The number of benzene rings is 1. The van der Waals surface area contributed by atoms with Crippen molar-refractivity contribution >= 4 is 34.7 Å². The van der Waals surface area contributed by atoms with Crippen molar-refractivity contribution in [3.63, 3.8) is 0 Å². The molecule has 5 rings (SSSR count). The first-order valence-electron chi connectivity index (χ1n) is 11.2. The third kappa shape index (κ3) is 4.29. The van der Waals surface area contributed by atoms with Crippen molar-refractivity contribution in [2.24, 2.45) is 0 Å². The fourth-order valence-corrected chi connectivity index (χ4v) is 4.89. The highest BCUT2D eigenvalue weighted by Gasteiger charge is 2.34. The standard InChI is InChI=1S/C24H24N4O6.ClH/c1-34-16-12-19-21(25-13-16)22-20(23(19)30)17-4-3-14(28(32)33)11-18(17)24(31)27(22)8-2-7-26-9-5-15(29)6-10-26;/h3-4,11-13,15,29H,2,5-10H2,1H3;1H. The number of halogens is 1. The topological polar surface area (TPSA) is 128 Å². The summed E-state index contributed by atoms with van der Waals surface area (Å²) in [6.07, 6.45) is 3.34. The Morgan fingerprint density at radius 1 is 1.17 bits per heavy atom. The highest BCUT2D eigenvalue weighted by atomic mass is 35.5. The number of carbonyl (C=O) groups is 1. The molecule has 2 aliphatic rings. The van der Waals surface area contributed by atoms with Gasteiger partial charge in [-0.3, -0.25) is 24.7 Å². The Kier molecular flexibility index (Phi) is 6.88. The summed E-state index contributed by atoms with van der Waals surface area (Å²) in [6.45, 7) is 2.65. The lowest BCUT2D eigenvalue weighted by molar-refractivity contribution is -0.384. The number of fused-ring (bicyclic) bond motifs is 5. The van der Waals surface area contributed by atoms with Gasteiger partial charge in [0.1, 0.15) is 5.75 Å². The van der Waals surface area contributed by atoms with Gasteiger partial charge in [0.05, 0.1) is 52.2 Å². The van der Waals surface area contributed by atoms with E-state index in [1.807, 2.05) is 0 Å². The van der Waals surface area contributed by atoms with Crippen LogP contribution in [0.1, 0.15) is 35.2 Å². The lowest BCUT2D eigenvalue weighted by atomic mass is 10.0. The van der Waals surface area contributed by atoms with Crippen LogP contribution in [0.5, 0.6) is 5.75 Å². The fourth-order valence-electron chi connectivity index (χ4n) is 4.89. The molecule has 1 aromatic carbocycles. The first kappa shape index (κ1) is 24.8. The number of pyridine rings is 2. The number of hydrogen-bond acceptors (Lipinski definition) is 8. The van der Waals surface area contributed by atoms with Gasteiger partial charge in [0.25, 0.3) is 11.2 Å². The average Bonchev–Trinajstić information content (AvgIpc) is 3.13. The molecule has 0 atom stereocenters. The third-order valence-electron chi connectivity index (χ3n) is 6.67. The second-order valence-electron chi connectivity index (χ2n) is 8.69. The van der Waals surface area contributed by atoms with E-state index in [0.717, 1.165) is 32.5 Å². The number of rotatable bonds is 6. The molecule has 11 heteroatoms. The number of piperidine rings is 1. The van der Waals surface area contributed by atoms with Crippen molar-refractivity contribution in [2.45, 2.75) is 31.9 Å². The van der Waals surface area contributed by atoms with E-state index in [1.165, 1.54) is 36.1 Å². The molecule has 1 N–H and O–H groups in total. The van der Waals surface area contributed by atoms with E-state index < -0.39 is 4.92 Å². The van der Waals surface area contributed by atoms with Crippen LogP contribution in [0.2, 0.25) is 0 Å². The van der Waals surface area contributed by atoms with Crippen molar-refractivity contribution in [1.29, 1.82) is 0 Å². The molecule has 0 radical (unpaired) electrons. The monoisotopic (exact) mass is 500 g/mol. The Bertz CT molecular complexity index is 1380. The summed E-state index contributed by atoms with van der Waals surface area (Å²) in [5, 5.41) is 21.6. The molecule has 184 valence electrons. The minimum absolute atomic E-state index is 0. The maximum absolute atomic E-state index is 13.6. The third-order valence-corrected chi connectivity index (χ3v) is 6.67. The minimum Gasteiger partial charge on any atom is -0.495 e. The molecule has 0 unspecified atom stereocenters. The Morgan fingerprint density at radius 2 is 1.91 bits per heavy atom. The zero-order valence-electron chi connectivity index (χ0n) is 19.1. The van der Waals surface area contributed by atoms with E-state index in [4.69, 9.17) is 4.74 Å². The molecule has 2 aromatic heterocycles. The maximum atomic E-state index is 13.6. The molecule has 35 heavy (non-hydrogen) atoms. The van der Waals surface area contributed by atoms with Crippen LogP contribution >= 0.6 is 12.4 Å². The quantitative estimate of drug-likeness (QED) is 0.316. The molecule has 0 spiro atoms. The van der Waals surface area contributed by atoms with E-state index >= 15 is 0 Å². The van der Waals surface area contributed by atoms with E-state index in [1.54, 1.807) is 6.07 Å². The Morgan fingerprint density at radius 3 is 2.60 bits per heavy atom. The predicted molar refractivity (Wildman–Crippen MR) is 132 cm³/mol. The lowest BCUT2D eigenvalue weighted by Gasteiger charge is -2.29. The number of nitrogens with zero attached hydrogens (tertiary/aromatic N) is 4. The summed E-state index contributed by atoms with van der Waals surface area (Å²) in [6, 6.07) is 5.63. The number of aliphatic hydroxyl groups excluding tert-OH is 1. The van der Waals surface area contributed by atoms with Crippen LogP contribution < -0.4 is 10.3 Å². The van der Waals surface area contributed by atoms with Gasteiger partial charge in [-0.1, -0.05) is 0 Å². The molecular formula is C24H25ClN4O6. The fraction of sp³-hybridized carbons (Fsp3) is 0.375. The van der Waals surface area contributed by atoms with E-state index in [2.05, 4.69) is 9.88 Å². The first-order chi connectivity index (χ1) is 16.4. The van der Waals surface area contributed by atoms with Crippen LogP contribution in [0.4, 0.5) is 5.69 Å². The van der Waals surface area contributed by atoms with Gasteiger partial charge >= 0.3 is 0 Å². The van der Waals surface area contributed by atoms with Crippen molar-refractivity contribution in [3.8, 4) is 17.1 Å². The van der Waals surface area contributed by atoms with Crippen molar-refractivity contribution in [1.82, 2.24) is 14.5 Å². The van der Waals surface area contributed by atoms with Gasteiger partial charge in [0.2, 0.25) is 0 Å². The van der Waals surface area contributed by atoms with Gasteiger partial charge in [0, 0.05) is 37.2 Å². The number of nitro groups is 1. The van der Waals surface area contributed by atoms with Gasteiger partial charge < -0.3 is 19.3 Å². The number of aromatic nitrogens is 2. The first-order valence-corrected chi connectivity index (χ1v) is 11.2. The summed E-state index contributed by atoms with van der Waals surface area (Å²) in [5.74, 6) is 0.148. The van der Waals surface area contributed by atoms with Crippen LogP contribution in [0.15, 0.2) is 35.3 Å². The number of methoxy groups -OCH3 is 1. The summed E-state index contributed by atoms with van der Waals surface area (Å²) in [5.41, 5.74) is 0.956. The molecule has 0 amide bonds. The number of hydrogen-bond donors (Lipinski definition) is 1. The number of non-ortho nitro benzene ring substituents is 1. The number of nitro benzene ring substituents is 1. The van der Waals surface area contributed by atoms with E-state index in [-0.39, 0.29) is 40.9 Å². The van der Waals surface area contributed by atoms with Crippen LogP contribution in [-0.2, 0) is 6.54 Å². The second kappa shape index (κ2) is 9.73. The largest absolute Gasteiger partial charge is 0.495 e. The number of ketones is 1. The van der Waals surface area contributed by atoms with Crippen molar-refractivity contribution in [2.75, 3.05) is 26.7 Å². The SMILES string of the molecule is COc1cnc2c(c1)C(=O)c1c-2n(CCCN2CCC(O)CC2)c(=O)c2cc([N+](=O)[O-])ccc12.Cl. The highest BCUT2D eigenvalue weighted by molar-refractivity contribution is 6.26. The van der Waals surface area contributed by atoms with Gasteiger partial charge in [-0.25, -0.2) is 0 Å². The molecule has 1 aliphatic heterocycles. The van der Waals surface area contributed by atoms with Crippen molar-refractivity contribution in [3.05, 3.63) is 62.1 Å². The normalized spacial score (nSPS) is 15.5. The second-order valence-corrected chi connectivity index (χ2v) is 8.69. The van der Waals surface area contributed by atoms with Gasteiger partial charge in [-0.05, 0) is 37.9 Å². The van der Waals surface area contributed by atoms with Gasteiger partial charge in [-0.15, -0.1) is 12.4 Å². The molecule has 0 saturated carbocycles. The zero-order chi connectivity index (χ0) is 24.0. The zero-order valence-corrected chi connectivity index (χ0v) is 19.9.